The van der Waals surface area contributed by atoms with E-state index in [-0.39, 0.29) is 15.7 Å². The second-order valence-electron chi connectivity index (χ2n) is 8.38. The van der Waals surface area contributed by atoms with Gasteiger partial charge in [-0.05, 0) is 30.3 Å². The van der Waals surface area contributed by atoms with Crippen LogP contribution in [0.3, 0.4) is 0 Å². The number of para-hydroxylation sites is 1. The Kier molecular flexibility index (Phi) is 6.19. The number of benzene rings is 1. The molecule has 0 atom stereocenters. The fourth-order valence-electron chi connectivity index (χ4n) is 4.11. The molecule has 0 unspecified atom stereocenters. The van der Waals surface area contributed by atoms with Crippen LogP contribution in [0.4, 0.5) is 16.6 Å². The standard InChI is InChI=1S/C25H20N8O4S/c34-25(19-7-9-21(38-19)33(35)36)30-23-18-15-27-32(17-4-2-1-3-5-17)24(18)29-22(28-23)16-6-8-20(26-14-16)31-10-12-37-13-11-31/h1-9,14-15H,10-13H2,(H,28,29,30,34). The number of hydrogen-bond donors (Lipinski definition) is 1. The van der Waals surface area contributed by atoms with E-state index in [1.165, 1.54) is 12.1 Å². The zero-order valence-corrected chi connectivity index (χ0v) is 20.7. The van der Waals surface area contributed by atoms with Crippen LogP contribution in [-0.2, 0) is 4.74 Å². The van der Waals surface area contributed by atoms with Crippen molar-refractivity contribution in [2.24, 2.45) is 0 Å². The van der Waals surface area contributed by atoms with Gasteiger partial charge in [0.05, 0.1) is 40.3 Å². The van der Waals surface area contributed by atoms with Gasteiger partial charge in [0.1, 0.15) is 11.6 Å². The van der Waals surface area contributed by atoms with E-state index in [0.717, 1.165) is 35.9 Å². The highest BCUT2D eigenvalue weighted by Crippen LogP contribution is 2.29. The predicted molar refractivity (Wildman–Crippen MR) is 142 cm³/mol. The number of amides is 1. The maximum Gasteiger partial charge on any atom is 0.324 e. The van der Waals surface area contributed by atoms with Crippen molar-refractivity contribution in [1.82, 2.24) is 24.7 Å². The predicted octanol–water partition coefficient (Wildman–Crippen LogP) is 3.94. The van der Waals surface area contributed by atoms with Gasteiger partial charge in [-0.2, -0.15) is 5.10 Å². The molecule has 0 aliphatic carbocycles. The number of nitro groups is 1. The first-order valence-electron chi connectivity index (χ1n) is 11.7. The Morgan fingerprint density at radius 2 is 1.84 bits per heavy atom. The van der Waals surface area contributed by atoms with Crippen molar-refractivity contribution < 1.29 is 14.5 Å². The highest BCUT2D eigenvalue weighted by molar-refractivity contribution is 7.17. The maximum atomic E-state index is 13.0. The number of ether oxygens (including phenoxy) is 1. The minimum Gasteiger partial charge on any atom is -0.378 e. The average molecular weight is 529 g/mol. The number of nitrogens with one attached hydrogen (secondary N) is 1. The van der Waals surface area contributed by atoms with E-state index in [1.807, 2.05) is 42.5 Å². The Balaban J connectivity index is 1.41. The lowest BCUT2D eigenvalue weighted by atomic mass is 10.2. The molecule has 1 aromatic carbocycles. The fourth-order valence-corrected chi connectivity index (χ4v) is 4.82. The average Bonchev–Trinajstić information content (AvgIpc) is 3.63. The molecule has 12 nitrogen and oxygen atoms in total. The molecule has 0 radical (unpaired) electrons. The lowest BCUT2D eigenvalue weighted by Gasteiger charge is -2.27. The van der Waals surface area contributed by atoms with Crippen LogP contribution in [0, 0.1) is 10.1 Å². The molecule has 5 aromatic rings. The van der Waals surface area contributed by atoms with Gasteiger partial charge in [-0.25, -0.2) is 19.6 Å². The van der Waals surface area contributed by atoms with E-state index in [4.69, 9.17) is 9.72 Å². The lowest BCUT2D eigenvalue weighted by Crippen LogP contribution is -2.36. The third-order valence-electron chi connectivity index (χ3n) is 6.00. The van der Waals surface area contributed by atoms with Gasteiger partial charge in [-0.15, -0.1) is 0 Å². The summed E-state index contributed by atoms with van der Waals surface area (Å²) >= 11 is 0.793. The molecule has 190 valence electrons. The van der Waals surface area contributed by atoms with E-state index >= 15 is 0 Å². The van der Waals surface area contributed by atoms with Crippen molar-refractivity contribution in [2.45, 2.75) is 0 Å². The number of carbonyl (C=O) groups is 1. The Morgan fingerprint density at radius 3 is 2.55 bits per heavy atom. The molecular weight excluding hydrogens is 508 g/mol. The van der Waals surface area contributed by atoms with Crippen LogP contribution < -0.4 is 10.2 Å². The van der Waals surface area contributed by atoms with Crippen LogP contribution in [0.2, 0.25) is 0 Å². The molecule has 1 aliphatic rings. The topological polar surface area (TPSA) is 141 Å². The number of pyridine rings is 1. The van der Waals surface area contributed by atoms with Gasteiger partial charge in [-0.1, -0.05) is 29.5 Å². The van der Waals surface area contributed by atoms with Crippen molar-refractivity contribution in [3.8, 4) is 17.1 Å². The summed E-state index contributed by atoms with van der Waals surface area (Å²) < 4.78 is 7.09. The number of nitrogens with zero attached hydrogens (tertiary/aromatic N) is 7. The summed E-state index contributed by atoms with van der Waals surface area (Å²) in [6.07, 6.45) is 3.28. The van der Waals surface area contributed by atoms with Crippen LogP contribution >= 0.6 is 11.3 Å². The minimum absolute atomic E-state index is 0.119. The summed E-state index contributed by atoms with van der Waals surface area (Å²) in [5.74, 6) is 0.914. The monoisotopic (exact) mass is 528 g/mol. The van der Waals surface area contributed by atoms with Gasteiger partial charge in [0.2, 0.25) is 0 Å². The summed E-state index contributed by atoms with van der Waals surface area (Å²) in [6.45, 7) is 2.84. The number of fused-ring (bicyclic) bond motifs is 1. The van der Waals surface area contributed by atoms with Gasteiger partial charge >= 0.3 is 5.00 Å². The largest absolute Gasteiger partial charge is 0.378 e. The van der Waals surface area contributed by atoms with E-state index < -0.39 is 10.8 Å². The zero-order valence-electron chi connectivity index (χ0n) is 19.9. The lowest BCUT2D eigenvalue weighted by molar-refractivity contribution is -0.380. The summed E-state index contributed by atoms with van der Waals surface area (Å²) in [7, 11) is 0. The van der Waals surface area contributed by atoms with Gasteiger partial charge in [-0.3, -0.25) is 14.9 Å². The van der Waals surface area contributed by atoms with E-state index in [9.17, 15) is 14.9 Å². The van der Waals surface area contributed by atoms with Crippen LogP contribution in [-0.4, -0.2) is 61.9 Å². The molecule has 1 amide bonds. The van der Waals surface area contributed by atoms with Crippen molar-refractivity contribution >= 4 is 44.9 Å². The Labute approximate surface area is 219 Å². The molecule has 38 heavy (non-hydrogen) atoms. The third-order valence-corrected chi connectivity index (χ3v) is 7.03. The number of rotatable bonds is 6. The number of hydrogen-bond acceptors (Lipinski definition) is 10. The Bertz CT molecular complexity index is 1630. The Morgan fingerprint density at radius 1 is 1.03 bits per heavy atom. The molecule has 1 aliphatic heterocycles. The van der Waals surface area contributed by atoms with Gasteiger partial charge in [0.25, 0.3) is 5.91 Å². The summed E-state index contributed by atoms with van der Waals surface area (Å²) in [5, 5.41) is 18.8. The van der Waals surface area contributed by atoms with Crippen LogP contribution in [0.1, 0.15) is 9.67 Å². The first-order chi connectivity index (χ1) is 18.6. The highest BCUT2D eigenvalue weighted by atomic mass is 32.1. The minimum atomic E-state index is -0.528. The van der Waals surface area contributed by atoms with E-state index in [1.54, 1.807) is 17.1 Å². The quantitative estimate of drug-likeness (QED) is 0.256. The SMILES string of the molecule is O=C(Nc1nc(-c2ccc(N3CCOCC3)nc2)nc2c1cnn2-c1ccccc1)c1ccc([N+](=O)[O-])s1. The fraction of sp³-hybridized carbons (Fsp3) is 0.160. The number of aromatic nitrogens is 5. The molecule has 1 saturated heterocycles. The summed E-state index contributed by atoms with van der Waals surface area (Å²) in [5.41, 5.74) is 1.94. The molecule has 6 rings (SSSR count). The molecule has 1 N–H and O–H groups in total. The first-order valence-corrected chi connectivity index (χ1v) is 12.5. The number of anilines is 2. The zero-order chi connectivity index (χ0) is 26.1. The molecule has 0 spiro atoms. The van der Waals surface area contributed by atoms with E-state index in [2.05, 4.69) is 25.3 Å². The number of morpholine rings is 1. The third kappa shape index (κ3) is 4.55. The van der Waals surface area contributed by atoms with Crippen molar-refractivity contribution in [3.05, 3.63) is 82.0 Å². The van der Waals surface area contributed by atoms with Crippen LogP contribution in [0.25, 0.3) is 28.1 Å². The molecule has 5 heterocycles. The second kappa shape index (κ2) is 9.95. The summed E-state index contributed by atoms with van der Waals surface area (Å²) in [6, 6.07) is 16.0. The highest BCUT2D eigenvalue weighted by Gasteiger charge is 2.21. The van der Waals surface area contributed by atoms with Crippen molar-refractivity contribution in [3.63, 3.8) is 0 Å². The van der Waals surface area contributed by atoms with E-state index in [0.29, 0.717) is 35.6 Å². The molecule has 13 heteroatoms. The number of thiophene rings is 1. The summed E-state index contributed by atoms with van der Waals surface area (Å²) in [4.78, 5) is 39.9. The smallest absolute Gasteiger partial charge is 0.324 e. The molecule has 4 aromatic heterocycles. The maximum absolute atomic E-state index is 13.0. The molecular formula is C25H20N8O4S. The van der Waals surface area contributed by atoms with Crippen molar-refractivity contribution in [1.29, 1.82) is 0 Å². The first kappa shape index (κ1) is 23.6. The molecule has 0 saturated carbocycles. The molecule has 0 bridgehead atoms. The van der Waals surface area contributed by atoms with Crippen LogP contribution in [0.15, 0.2) is 67.0 Å². The van der Waals surface area contributed by atoms with Gasteiger partial charge < -0.3 is 15.0 Å². The number of carbonyl (C=O) groups excluding carboxylic acids is 1. The van der Waals surface area contributed by atoms with Gasteiger partial charge in [0.15, 0.2) is 11.5 Å². The molecule has 1 fully saturated rings. The van der Waals surface area contributed by atoms with Gasteiger partial charge in [0, 0.05) is 30.9 Å². The normalized spacial score (nSPS) is 13.5. The Hall–Kier alpha value is -4.75. The van der Waals surface area contributed by atoms with Crippen LogP contribution in [0.5, 0.6) is 0 Å². The second-order valence-corrected chi connectivity index (χ2v) is 9.44. The van der Waals surface area contributed by atoms with Crippen molar-refractivity contribution in [2.75, 3.05) is 36.5 Å².